The Morgan fingerprint density at radius 1 is 1.22 bits per heavy atom. The number of benzene rings is 1. The molecule has 1 aromatic heterocycles. The Morgan fingerprint density at radius 2 is 2.00 bits per heavy atom. The number of halogens is 2. The Balaban J connectivity index is 1.93. The van der Waals surface area contributed by atoms with Crippen molar-refractivity contribution in [3.63, 3.8) is 0 Å². The van der Waals surface area contributed by atoms with Crippen LogP contribution in [0.25, 0.3) is 0 Å². The third-order valence-corrected chi connectivity index (χ3v) is 5.14. The minimum absolute atomic E-state index is 0.0738. The van der Waals surface area contributed by atoms with E-state index in [0.717, 1.165) is 28.9 Å². The maximum Gasteiger partial charge on any atom is 0.127 e. The Hall–Kier alpha value is -0.710. The summed E-state index contributed by atoms with van der Waals surface area (Å²) >= 11 is 5.21. The van der Waals surface area contributed by atoms with E-state index in [2.05, 4.69) is 33.4 Å². The third-order valence-electron chi connectivity index (χ3n) is 3.51. The highest BCUT2D eigenvalue weighted by Crippen LogP contribution is 2.36. The van der Waals surface area contributed by atoms with Gasteiger partial charge in [-0.2, -0.15) is 0 Å². The van der Waals surface area contributed by atoms with Gasteiger partial charge in [0.05, 0.1) is 3.79 Å². The lowest BCUT2D eigenvalue weighted by molar-refractivity contribution is 0.267. The highest BCUT2D eigenvalue weighted by atomic mass is 79.9. The molecule has 1 aliphatic heterocycles. The number of thiophene rings is 1. The predicted molar refractivity (Wildman–Crippen MR) is 76.7 cm³/mol. The van der Waals surface area contributed by atoms with Crippen LogP contribution in [0.2, 0.25) is 0 Å². The van der Waals surface area contributed by atoms with Crippen LogP contribution in [0.5, 0.6) is 0 Å². The van der Waals surface area contributed by atoms with Gasteiger partial charge in [-0.25, -0.2) is 4.39 Å². The van der Waals surface area contributed by atoms with Crippen molar-refractivity contribution in [1.29, 1.82) is 0 Å². The largest absolute Gasteiger partial charge is 0.315 e. The number of rotatable bonds is 3. The van der Waals surface area contributed by atoms with Crippen LogP contribution in [0, 0.1) is 5.82 Å². The van der Waals surface area contributed by atoms with E-state index >= 15 is 0 Å². The molecule has 1 saturated heterocycles. The van der Waals surface area contributed by atoms with Crippen LogP contribution in [0.1, 0.15) is 10.4 Å². The Kier molecular flexibility index (Phi) is 3.26. The smallest absolute Gasteiger partial charge is 0.127 e. The predicted octanol–water partition coefficient (Wildman–Crippen LogP) is 3.73. The van der Waals surface area contributed by atoms with Crippen LogP contribution >= 0.6 is 27.3 Å². The third kappa shape index (κ3) is 2.13. The van der Waals surface area contributed by atoms with Crippen molar-refractivity contribution >= 4 is 27.3 Å². The average Bonchev–Trinajstić information content (AvgIpc) is 2.71. The first-order valence-electron chi connectivity index (χ1n) is 5.90. The summed E-state index contributed by atoms with van der Waals surface area (Å²) in [6.45, 7) is 1.70. The van der Waals surface area contributed by atoms with Gasteiger partial charge in [-0.3, -0.25) is 0 Å². The highest BCUT2D eigenvalue weighted by Gasteiger charge is 2.40. The lowest BCUT2D eigenvalue weighted by Gasteiger charge is -2.43. The van der Waals surface area contributed by atoms with E-state index in [9.17, 15) is 4.39 Å². The Labute approximate surface area is 118 Å². The minimum atomic E-state index is -0.0883. The molecular formula is C14H13BrFNS. The molecule has 0 amide bonds. The van der Waals surface area contributed by atoms with E-state index in [1.807, 2.05) is 12.1 Å². The summed E-state index contributed by atoms with van der Waals surface area (Å²) in [4.78, 5) is 1.30. The van der Waals surface area contributed by atoms with Crippen molar-refractivity contribution in [1.82, 2.24) is 5.32 Å². The zero-order valence-corrected chi connectivity index (χ0v) is 12.2. The molecule has 0 saturated carbocycles. The van der Waals surface area contributed by atoms with E-state index in [1.54, 1.807) is 23.5 Å². The van der Waals surface area contributed by atoms with Gasteiger partial charge in [0.1, 0.15) is 5.82 Å². The van der Waals surface area contributed by atoms with Gasteiger partial charge in [-0.15, -0.1) is 11.3 Å². The van der Waals surface area contributed by atoms with Crippen LogP contribution in [0.3, 0.4) is 0 Å². The quantitative estimate of drug-likeness (QED) is 0.906. The molecule has 0 unspecified atom stereocenters. The van der Waals surface area contributed by atoms with Crippen LogP contribution in [0.15, 0.2) is 40.2 Å². The summed E-state index contributed by atoms with van der Waals surface area (Å²) in [5.41, 5.74) is 0.767. The lowest BCUT2D eigenvalue weighted by atomic mass is 9.72. The van der Waals surface area contributed by atoms with E-state index in [4.69, 9.17) is 0 Å². The summed E-state index contributed by atoms with van der Waals surface area (Å²) in [6.07, 6.45) is 0.900. The summed E-state index contributed by atoms with van der Waals surface area (Å²) in [5.74, 6) is -0.0883. The zero-order valence-electron chi connectivity index (χ0n) is 9.75. The summed E-state index contributed by atoms with van der Waals surface area (Å²) in [5, 5.41) is 3.28. The Morgan fingerprint density at radius 3 is 2.56 bits per heavy atom. The summed E-state index contributed by atoms with van der Waals surface area (Å²) in [7, 11) is 0. The van der Waals surface area contributed by atoms with Crippen LogP contribution in [0.4, 0.5) is 4.39 Å². The molecule has 18 heavy (non-hydrogen) atoms. The van der Waals surface area contributed by atoms with Gasteiger partial charge in [0.2, 0.25) is 0 Å². The molecule has 1 aromatic carbocycles. The van der Waals surface area contributed by atoms with E-state index in [1.165, 1.54) is 4.88 Å². The van der Waals surface area contributed by atoms with Gasteiger partial charge in [-0.05, 0) is 46.1 Å². The fourth-order valence-corrected chi connectivity index (χ4v) is 4.14. The van der Waals surface area contributed by atoms with Crippen molar-refractivity contribution in [3.8, 4) is 0 Å². The van der Waals surface area contributed by atoms with Crippen molar-refractivity contribution in [2.24, 2.45) is 0 Å². The first kappa shape index (κ1) is 12.3. The normalized spacial score (nSPS) is 17.4. The van der Waals surface area contributed by atoms with Crippen molar-refractivity contribution in [2.45, 2.75) is 11.8 Å². The van der Waals surface area contributed by atoms with Gasteiger partial charge < -0.3 is 5.32 Å². The topological polar surface area (TPSA) is 12.0 Å². The van der Waals surface area contributed by atoms with Gasteiger partial charge >= 0.3 is 0 Å². The molecule has 1 nitrogen and oxygen atoms in total. The molecule has 2 heterocycles. The number of nitrogens with one attached hydrogen (secondary N) is 1. The zero-order chi connectivity index (χ0) is 12.6. The Bertz CT molecular complexity index is 562. The first-order valence-corrected chi connectivity index (χ1v) is 7.51. The monoisotopic (exact) mass is 325 g/mol. The van der Waals surface area contributed by atoms with Gasteiger partial charge in [0.15, 0.2) is 0 Å². The molecule has 1 aliphatic rings. The molecule has 0 atom stereocenters. The number of hydrogen-bond donors (Lipinski definition) is 1. The van der Waals surface area contributed by atoms with Gasteiger partial charge in [-0.1, -0.05) is 18.2 Å². The molecule has 1 N–H and O–H groups in total. The highest BCUT2D eigenvalue weighted by molar-refractivity contribution is 9.11. The molecule has 0 spiro atoms. The second-order valence-corrected chi connectivity index (χ2v) is 7.29. The maximum atomic E-state index is 14.0. The molecule has 94 valence electrons. The second-order valence-electron chi connectivity index (χ2n) is 4.75. The standard InChI is InChI=1S/C14H13BrFNS/c15-13-6-5-10(18-13)7-14(8-17-9-14)11-3-1-2-4-12(11)16/h1-6,17H,7-9H2. The van der Waals surface area contributed by atoms with Crippen LogP contribution in [-0.4, -0.2) is 13.1 Å². The molecule has 1 fully saturated rings. The van der Waals surface area contributed by atoms with Crippen molar-refractivity contribution in [2.75, 3.05) is 13.1 Å². The molecule has 2 aromatic rings. The van der Waals surface area contributed by atoms with Crippen molar-refractivity contribution < 1.29 is 4.39 Å². The molecule has 0 radical (unpaired) electrons. The second kappa shape index (κ2) is 4.76. The van der Waals surface area contributed by atoms with E-state index in [0.29, 0.717) is 0 Å². The molecule has 0 bridgehead atoms. The SMILES string of the molecule is Fc1ccccc1C1(Cc2ccc(Br)s2)CNC1. The maximum absolute atomic E-state index is 14.0. The van der Waals surface area contributed by atoms with Gasteiger partial charge in [0, 0.05) is 23.4 Å². The molecular weight excluding hydrogens is 313 g/mol. The first-order chi connectivity index (χ1) is 8.70. The fraction of sp³-hybridized carbons (Fsp3) is 0.286. The molecule has 0 aliphatic carbocycles. The van der Waals surface area contributed by atoms with Gasteiger partial charge in [0.25, 0.3) is 0 Å². The molecule has 3 rings (SSSR count). The minimum Gasteiger partial charge on any atom is -0.315 e. The van der Waals surface area contributed by atoms with Crippen LogP contribution in [-0.2, 0) is 11.8 Å². The number of hydrogen-bond acceptors (Lipinski definition) is 2. The van der Waals surface area contributed by atoms with Crippen LogP contribution < -0.4 is 5.32 Å². The van der Waals surface area contributed by atoms with E-state index < -0.39 is 0 Å². The van der Waals surface area contributed by atoms with Crippen molar-refractivity contribution in [3.05, 3.63) is 56.4 Å². The average molecular weight is 326 g/mol. The van der Waals surface area contributed by atoms with E-state index in [-0.39, 0.29) is 11.2 Å². The lowest BCUT2D eigenvalue weighted by Crippen LogP contribution is -2.58. The molecule has 4 heteroatoms. The fourth-order valence-electron chi connectivity index (χ4n) is 2.51. The summed E-state index contributed by atoms with van der Waals surface area (Å²) in [6, 6.07) is 11.3. The summed E-state index contributed by atoms with van der Waals surface area (Å²) < 4.78 is 15.1.